The number of hydrogen-bond donors (Lipinski definition) is 2. The maximum atomic E-state index is 12.9. The van der Waals surface area contributed by atoms with E-state index >= 15 is 0 Å². The summed E-state index contributed by atoms with van der Waals surface area (Å²) in [6.45, 7) is 3.43. The molecule has 2 amide bonds. The van der Waals surface area contributed by atoms with Gasteiger partial charge in [-0.2, -0.15) is 0 Å². The average Bonchev–Trinajstić information content (AvgIpc) is 3.35. The number of hydrogen-bond acceptors (Lipinski definition) is 7. The number of ether oxygens (including phenoxy) is 1. The summed E-state index contributed by atoms with van der Waals surface area (Å²) in [5.74, 6) is 0.456. The third-order valence-electron chi connectivity index (χ3n) is 6.24. The zero-order valence-corrected chi connectivity index (χ0v) is 23.7. The second-order valence-electron chi connectivity index (χ2n) is 9.62. The molecule has 39 heavy (non-hydrogen) atoms. The Labute approximate surface area is 236 Å². The molecular weight excluding hydrogens is 528 g/mol. The number of nitrogens with zero attached hydrogens (tertiary/aromatic N) is 2. The molecule has 3 aromatic carbocycles. The van der Waals surface area contributed by atoms with Gasteiger partial charge < -0.3 is 20.3 Å². The van der Waals surface area contributed by atoms with Gasteiger partial charge in [0, 0.05) is 38.5 Å². The Bertz CT molecular complexity index is 1480. The topological polar surface area (TPSA) is 83.6 Å². The van der Waals surface area contributed by atoms with Crippen molar-refractivity contribution in [1.29, 1.82) is 0 Å². The molecular formula is C30H30N4O3S2. The lowest BCUT2D eigenvalue weighted by Gasteiger charge is -2.17. The number of anilines is 1. The van der Waals surface area contributed by atoms with Gasteiger partial charge in [-0.15, -0.1) is 11.3 Å². The molecule has 0 spiro atoms. The molecule has 0 radical (unpaired) electrons. The molecule has 4 aromatic rings. The zero-order chi connectivity index (χ0) is 27.4. The number of aromatic nitrogens is 1. The minimum atomic E-state index is -0.210. The summed E-state index contributed by atoms with van der Waals surface area (Å²) in [7, 11) is 4.12. The van der Waals surface area contributed by atoms with Gasteiger partial charge in [-0.3, -0.25) is 9.59 Å². The Hall–Kier alpha value is -3.66. The third-order valence-corrected chi connectivity index (χ3v) is 8.44. The van der Waals surface area contributed by atoms with Crippen LogP contribution >= 0.6 is 23.1 Å². The number of nitrogens with one attached hydrogen (secondary N) is 2. The van der Waals surface area contributed by atoms with E-state index in [2.05, 4.69) is 41.5 Å². The van der Waals surface area contributed by atoms with Gasteiger partial charge in [0.05, 0.1) is 23.9 Å². The monoisotopic (exact) mass is 558 g/mol. The van der Waals surface area contributed by atoms with Crippen LogP contribution in [0, 0.1) is 0 Å². The summed E-state index contributed by atoms with van der Waals surface area (Å²) in [5, 5.41) is 6.79. The first-order valence-electron chi connectivity index (χ1n) is 12.7. The number of carbonyl (C=O) groups is 2. The van der Waals surface area contributed by atoms with Crippen LogP contribution in [0.2, 0.25) is 0 Å². The van der Waals surface area contributed by atoms with Crippen molar-refractivity contribution in [2.75, 3.05) is 26.0 Å². The molecule has 1 aliphatic rings. The van der Waals surface area contributed by atoms with Crippen molar-refractivity contribution in [2.45, 2.75) is 35.8 Å². The van der Waals surface area contributed by atoms with Crippen LogP contribution < -0.4 is 15.4 Å². The Balaban J connectivity index is 1.18. The van der Waals surface area contributed by atoms with Crippen LogP contribution in [-0.4, -0.2) is 48.4 Å². The molecule has 200 valence electrons. The zero-order valence-electron chi connectivity index (χ0n) is 22.1. The highest BCUT2D eigenvalue weighted by molar-refractivity contribution is 7.99. The Morgan fingerprint density at radius 1 is 1.08 bits per heavy atom. The summed E-state index contributed by atoms with van der Waals surface area (Å²) in [4.78, 5) is 35.0. The van der Waals surface area contributed by atoms with E-state index in [0.717, 1.165) is 44.0 Å². The molecule has 1 unspecified atom stereocenters. The molecule has 7 nitrogen and oxygen atoms in total. The molecule has 1 aromatic heterocycles. The van der Waals surface area contributed by atoms with Crippen LogP contribution in [0.5, 0.6) is 5.75 Å². The molecule has 0 aliphatic carbocycles. The number of rotatable bonds is 9. The lowest BCUT2D eigenvalue weighted by molar-refractivity contribution is 0.0949. The van der Waals surface area contributed by atoms with Crippen molar-refractivity contribution in [2.24, 2.45) is 0 Å². The Kier molecular flexibility index (Phi) is 8.30. The lowest BCUT2D eigenvalue weighted by atomic mass is 10.1. The van der Waals surface area contributed by atoms with Crippen LogP contribution in [0.4, 0.5) is 5.69 Å². The van der Waals surface area contributed by atoms with Gasteiger partial charge in [-0.25, -0.2) is 4.98 Å². The van der Waals surface area contributed by atoms with Crippen molar-refractivity contribution in [3.05, 3.63) is 88.9 Å². The predicted octanol–water partition coefficient (Wildman–Crippen LogP) is 6.18. The highest BCUT2D eigenvalue weighted by atomic mass is 32.2. The van der Waals surface area contributed by atoms with Crippen LogP contribution in [0.1, 0.15) is 38.9 Å². The van der Waals surface area contributed by atoms with Crippen molar-refractivity contribution in [3.8, 4) is 16.3 Å². The van der Waals surface area contributed by atoms with Gasteiger partial charge in [-0.05, 0) is 82.0 Å². The molecule has 1 atom stereocenters. The first kappa shape index (κ1) is 26.9. The summed E-state index contributed by atoms with van der Waals surface area (Å²) < 4.78 is 6.02. The average molecular weight is 559 g/mol. The Morgan fingerprint density at radius 2 is 1.87 bits per heavy atom. The van der Waals surface area contributed by atoms with E-state index in [1.807, 2.05) is 48.5 Å². The molecule has 9 heteroatoms. The van der Waals surface area contributed by atoms with Crippen molar-refractivity contribution in [1.82, 2.24) is 15.2 Å². The fraction of sp³-hybridized carbons (Fsp3) is 0.233. The molecule has 0 saturated carbocycles. The van der Waals surface area contributed by atoms with Crippen molar-refractivity contribution >= 4 is 40.6 Å². The van der Waals surface area contributed by atoms with E-state index in [-0.39, 0.29) is 17.9 Å². The number of fused-ring (bicyclic) bond motifs is 2. The van der Waals surface area contributed by atoms with Gasteiger partial charge in [0.15, 0.2) is 0 Å². The quantitative estimate of drug-likeness (QED) is 0.255. The molecule has 1 aliphatic heterocycles. The standard InChI is InChI=1S/C30H30N4O3S2/c1-19(14-15-34(2)3)37-22-11-8-20(9-12-22)30-32-18-23(38-30)17-31-28(35)21-10-13-27-25(16-21)33-29(36)24-6-4-5-7-26(24)39-27/h4-13,16,18-19H,14-15,17H2,1-3H3,(H,31,35)(H,33,36). The number of benzene rings is 3. The molecule has 5 rings (SSSR count). The number of amides is 2. The summed E-state index contributed by atoms with van der Waals surface area (Å²) >= 11 is 3.05. The molecule has 0 saturated heterocycles. The van der Waals surface area contributed by atoms with Crippen LogP contribution in [0.25, 0.3) is 10.6 Å². The molecule has 0 bridgehead atoms. The molecule has 0 fully saturated rings. The second kappa shape index (κ2) is 12.0. The first-order valence-corrected chi connectivity index (χ1v) is 14.4. The van der Waals surface area contributed by atoms with E-state index in [4.69, 9.17) is 4.74 Å². The minimum absolute atomic E-state index is 0.138. The van der Waals surface area contributed by atoms with Gasteiger partial charge in [0.25, 0.3) is 11.8 Å². The van der Waals surface area contributed by atoms with Gasteiger partial charge in [0.2, 0.25) is 0 Å². The summed E-state index contributed by atoms with van der Waals surface area (Å²) in [6, 6.07) is 20.8. The van der Waals surface area contributed by atoms with E-state index in [9.17, 15) is 9.59 Å². The second-order valence-corrected chi connectivity index (χ2v) is 11.8. The SMILES string of the molecule is CC(CCN(C)C)Oc1ccc(-c2ncc(CNC(=O)c3ccc4c(c3)NC(=O)c3ccccc3S4)s2)cc1. The van der Waals surface area contributed by atoms with Crippen LogP contribution in [0.3, 0.4) is 0 Å². The molecule has 2 N–H and O–H groups in total. The van der Waals surface area contributed by atoms with Gasteiger partial charge in [-0.1, -0.05) is 23.9 Å². The molecule has 2 heterocycles. The summed E-state index contributed by atoms with van der Waals surface area (Å²) in [6.07, 6.45) is 2.89. The fourth-order valence-corrected chi connectivity index (χ4v) is 5.98. The maximum Gasteiger partial charge on any atom is 0.256 e. The normalized spacial score (nSPS) is 13.2. The van der Waals surface area contributed by atoms with E-state index in [1.54, 1.807) is 35.7 Å². The number of carbonyl (C=O) groups excluding carboxylic acids is 2. The van der Waals surface area contributed by atoms with E-state index < -0.39 is 0 Å². The van der Waals surface area contributed by atoms with Crippen LogP contribution in [-0.2, 0) is 6.54 Å². The van der Waals surface area contributed by atoms with Crippen LogP contribution in [0.15, 0.2) is 82.7 Å². The van der Waals surface area contributed by atoms with Gasteiger partial charge in [0.1, 0.15) is 10.8 Å². The number of thiazole rings is 1. The predicted molar refractivity (Wildman–Crippen MR) is 157 cm³/mol. The highest BCUT2D eigenvalue weighted by Gasteiger charge is 2.21. The maximum absolute atomic E-state index is 12.9. The van der Waals surface area contributed by atoms with Crippen molar-refractivity contribution < 1.29 is 14.3 Å². The minimum Gasteiger partial charge on any atom is -0.491 e. The first-order chi connectivity index (χ1) is 18.9. The fourth-order valence-electron chi connectivity index (χ4n) is 4.11. The van der Waals surface area contributed by atoms with E-state index in [1.165, 1.54) is 11.8 Å². The smallest absolute Gasteiger partial charge is 0.256 e. The lowest BCUT2D eigenvalue weighted by Crippen LogP contribution is -2.22. The Morgan fingerprint density at radius 3 is 2.67 bits per heavy atom. The largest absolute Gasteiger partial charge is 0.491 e. The van der Waals surface area contributed by atoms with Gasteiger partial charge >= 0.3 is 0 Å². The van der Waals surface area contributed by atoms with Crippen molar-refractivity contribution in [3.63, 3.8) is 0 Å². The van der Waals surface area contributed by atoms with E-state index in [0.29, 0.717) is 23.4 Å². The third kappa shape index (κ3) is 6.68. The highest BCUT2D eigenvalue weighted by Crippen LogP contribution is 2.39. The summed E-state index contributed by atoms with van der Waals surface area (Å²) in [5.41, 5.74) is 2.75.